The van der Waals surface area contributed by atoms with Crippen molar-refractivity contribution in [2.24, 2.45) is 0 Å². The summed E-state index contributed by atoms with van der Waals surface area (Å²) in [6, 6.07) is 13.9. The lowest BCUT2D eigenvalue weighted by Gasteiger charge is -2.07. The Morgan fingerprint density at radius 2 is 1.21 bits per heavy atom. The second kappa shape index (κ2) is 5.21. The third-order valence-corrected chi connectivity index (χ3v) is 3.29. The van der Waals surface area contributed by atoms with E-state index in [0.717, 1.165) is 27.3 Å². The molecule has 19 heavy (non-hydrogen) atoms. The minimum absolute atomic E-state index is 0.737. The average Bonchev–Trinajstić information content (AvgIpc) is 2.49. The highest BCUT2D eigenvalue weighted by molar-refractivity contribution is 6.33. The van der Waals surface area contributed by atoms with Gasteiger partial charge in [-0.2, -0.15) is 0 Å². The fourth-order valence-corrected chi connectivity index (χ4v) is 2.29. The molecule has 3 aromatic rings. The monoisotopic (exact) mass is 266 g/mol. The molecule has 3 heteroatoms. The van der Waals surface area contributed by atoms with Gasteiger partial charge in [0.2, 0.25) is 0 Å². The molecule has 0 saturated heterocycles. The van der Waals surface area contributed by atoms with Crippen LogP contribution in [0, 0.1) is 0 Å². The van der Waals surface area contributed by atoms with Crippen molar-refractivity contribution in [1.82, 2.24) is 9.97 Å². The van der Waals surface area contributed by atoms with Gasteiger partial charge in [0.05, 0.1) is 0 Å². The first kappa shape index (κ1) is 11.9. The topological polar surface area (TPSA) is 25.8 Å². The normalized spacial score (nSPS) is 10.4. The molecule has 0 aliphatic rings. The van der Waals surface area contributed by atoms with Crippen LogP contribution < -0.4 is 0 Å². The molecule has 0 saturated carbocycles. The number of pyridine rings is 2. The molecule has 2 heterocycles. The van der Waals surface area contributed by atoms with E-state index in [1.165, 1.54) is 0 Å². The number of hydrogen-bond donors (Lipinski definition) is 0. The van der Waals surface area contributed by atoms with Crippen LogP contribution >= 0.6 is 11.6 Å². The smallest absolute Gasteiger partial charge is 0.0490 e. The summed E-state index contributed by atoms with van der Waals surface area (Å²) in [6.45, 7) is 0. The highest BCUT2D eigenvalue weighted by atomic mass is 35.5. The number of nitrogens with zero attached hydrogens (tertiary/aromatic N) is 2. The maximum atomic E-state index is 6.38. The lowest BCUT2D eigenvalue weighted by Crippen LogP contribution is -1.83. The summed E-state index contributed by atoms with van der Waals surface area (Å²) in [5.41, 5.74) is 4.28. The maximum absolute atomic E-state index is 6.38. The van der Waals surface area contributed by atoms with Crippen molar-refractivity contribution in [2.75, 3.05) is 0 Å². The zero-order valence-corrected chi connectivity index (χ0v) is 10.9. The molecule has 0 spiro atoms. The van der Waals surface area contributed by atoms with E-state index in [1.807, 2.05) is 36.4 Å². The van der Waals surface area contributed by atoms with Crippen LogP contribution in [0.4, 0.5) is 0 Å². The molecule has 2 nitrogen and oxygen atoms in total. The van der Waals surface area contributed by atoms with Gasteiger partial charge in [-0.05, 0) is 47.0 Å². The number of hydrogen-bond acceptors (Lipinski definition) is 2. The summed E-state index contributed by atoms with van der Waals surface area (Å²) in [7, 11) is 0. The Bertz CT molecular complexity index is 682. The third-order valence-electron chi connectivity index (χ3n) is 2.97. The van der Waals surface area contributed by atoms with Crippen molar-refractivity contribution in [3.05, 3.63) is 72.3 Å². The van der Waals surface area contributed by atoms with Crippen molar-refractivity contribution >= 4 is 11.6 Å². The molecule has 0 aliphatic heterocycles. The van der Waals surface area contributed by atoms with E-state index in [-0.39, 0.29) is 0 Å². The van der Waals surface area contributed by atoms with Crippen molar-refractivity contribution < 1.29 is 0 Å². The predicted molar refractivity (Wildman–Crippen MR) is 77.9 cm³/mol. The maximum Gasteiger partial charge on any atom is 0.0490 e. The van der Waals surface area contributed by atoms with E-state index >= 15 is 0 Å². The molecule has 0 bridgehead atoms. The van der Waals surface area contributed by atoms with Crippen LogP contribution in [0.1, 0.15) is 0 Å². The summed E-state index contributed by atoms with van der Waals surface area (Å²) < 4.78 is 0. The summed E-state index contributed by atoms with van der Waals surface area (Å²) in [5.74, 6) is 0. The Hall–Kier alpha value is -2.19. The van der Waals surface area contributed by atoms with Crippen LogP contribution in [0.25, 0.3) is 22.3 Å². The van der Waals surface area contributed by atoms with E-state index < -0.39 is 0 Å². The largest absolute Gasteiger partial charge is 0.265 e. The molecule has 2 aromatic heterocycles. The minimum atomic E-state index is 0.737. The molecule has 0 atom stereocenters. The standard InChI is InChI=1S/C16H11ClN2/c17-16-11-14(12-3-7-18-8-4-12)1-2-15(16)13-5-9-19-10-6-13/h1-11H. The van der Waals surface area contributed by atoms with Gasteiger partial charge in [-0.1, -0.05) is 23.7 Å². The van der Waals surface area contributed by atoms with Crippen LogP contribution in [-0.2, 0) is 0 Å². The molecule has 3 rings (SSSR count). The molecule has 1 aromatic carbocycles. The van der Waals surface area contributed by atoms with Crippen molar-refractivity contribution in [1.29, 1.82) is 0 Å². The van der Waals surface area contributed by atoms with E-state index in [9.17, 15) is 0 Å². The summed E-state index contributed by atoms with van der Waals surface area (Å²) >= 11 is 6.38. The van der Waals surface area contributed by atoms with Crippen LogP contribution in [0.3, 0.4) is 0 Å². The van der Waals surface area contributed by atoms with Gasteiger partial charge >= 0.3 is 0 Å². The van der Waals surface area contributed by atoms with Crippen LogP contribution in [-0.4, -0.2) is 9.97 Å². The fourth-order valence-electron chi connectivity index (χ4n) is 2.00. The molecular formula is C16H11ClN2. The van der Waals surface area contributed by atoms with E-state index in [0.29, 0.717) is 0 Å². The second-order valence-corrected chi connectivity index (χ2v) is 4.57. The SMILES string of the molecule is Clc1cc(-c2ccncc2)ccc1-c1ccncc1. The lowest BCUT2D eigenvalue weighted by atomic mass is 10.0. The van der Waals surface area contributed by atoms with Crippen LogP contribution in [0.15, 0.2) is 67.3 Å². The van der Waals surface area contributed by atoms with Crippen molar-refractivity contribution in [3.63, 3.8) is 0 Å². The van der Waals surface area contributed by atoms with Crippen LogP contribution in [0.2, 0.25) is 5.02 Å². The predicted octanol–water partition coefficient (Wildman–Crippen LogP) is 4.46. The summed E-state index contributed by atoms with van der Waals surface area (Å²) in [6.07, 6.45) is 7.09. The zero-order valence-electron chi connectivity index (χ0n) is 10.1. The Kier molecular flexibility index (Phi) is 3.25. The van der Waals surface area contributed by atoms with Crippen LogP contribution in [0.5, 0.6) is 0 Å². The number of halogens is 1. The van der Waals surface area contributed by atoms with Gasteiger partial charge in [-0.25, -0.2) is 0 Å². The Morgan fingerprint density at radius 1 is 0.632 bits per heavy atom. The third kappa shape index (κ3) is 2.49. The highest BCUT2D eigenvalue weighted by Gasteiger charge is 2.05. The summed E-state index contributed by atoms with van der Waals surface area (Å²) in [4.78, 5) is 8.03. The van der Waals surface area contributed by atoms with Gasteiger partial charge in [0.15, 0.2) is 0 Å². The van der Waals surface area contributed by atoms with Gasteiger partial charge in [-0.15, -0.1) is 0 Å². The number of rotatable bonds is 2. The highest BCUT2D eigenvalue weighted by Crippen LogP contribution is 2.31. The molecule has 0 aliphatic carbocycles. The van der Waals surface area contributed by atoms with Gasteiger partial charge < -0.3 is 0 Å². The van der Waals surface area contributed by atoms with Gasteiger partial charge in [-0.3, -0.25) is 9.97 Å². The molecule has 0 radical (unpaired) electrons. The number of aromatic nitrogens is 2. The van der Waals surface area contributed by atoms with Crippen molar-refractivity contribution in [3.8, 4) is 22.3 Å². The first-order chi connectivity index (χ1) is 9.34. The Labute approximate surface area is 116 Å². The van der Waals surface area contributed by atoms with Gasteiger partial charge in [0.25, 0.3) is 0 Å². The molecule has 0 unspecified atom stereocenters. The van der Waals surface area contributed by atoms with Gasteiger partial charge in [0, 0.05) is 35.4 Å². The number of benzene rings is 1. The van der Waals surface area contributed by atoms with E-state index in [2.05, 4.69) is 16.0 Å². The quantitative estimate of drug-likeness (QED) is 0.684. The van der Waals surface area contributed by atoms with E-state index in [1.54, 1.807) is 24.8 Å². The molecule has 0 amide bonds. The van der Waals surface area contributed by atoms with Gasteiger partial charge in [0.1, 0.15) is 0 Å². The zero-order chi connectivity index (χ0) is 13.1. The molecule has 0 N–H and O–H groups in total. The molecule has 92 valence electrons. The molecule has 0 fully saturated rings. The lowest BCUT2D eigenvalue weighted by molar-refractivity contribution is 1.33. The Morgan fingerprint density at radius 3 is 1.79 bits per heavy atom. The first-order valence-electron chi connectivity index (χ1n) is 5.95. The fraction of sp³-hybridized carbons (Fsp3) is 0. The van der Waals surface area contributed by atoms with E-state index in [4.69, 9.17) is 11.6 Å². The average molecular weight is 267 g/mol. The molecular weight excluding hydrogens is 256 g/mol. The summed E-state index contributed by atoms with van der Waals surface area (Å²) in [5, 5.41) is 0.737. The second-order valence-electron chi connectivity index (χ2n) is 4.17. The Balaban J connectivity index is 2.04. The van der Waals surface area contributed by atoms with Crippen molar-refractivity contribution in [2.45, 2.75) is 0 Å². The minimum Gasteiger partial charge on any atom is -0.265 e. The first-order valence-corrected chi connectivity index (χ1v) is 6.33.